The molecule has 0 bridgehead atoms. The molecule has 1 aliphatic rings. The number of rotatable bonds is 10. The number of thioether (sulfide) groups is 1. The molecule has 0 radical (unpaired) electrons. The van der Waals surface area contributed by atoms with Crippen molar-refractivity contribution in [3.8, 4) is 11.5 Å². The number of nitrogens with zero attached hydrogens (tertiary/aromatic N) is 2. The van der Waals surface area contributed by atoms with E-state index in [1.165, 1.54) is 23.9 Å². The minimum absolute atomic E-state index is 0.0118. The van der Waals surface area contributed by atoms with E-state index in [0.717, 1.165) is 11.1 Å². The molecule has 0 saturated carbocycles. The lowest BCUT2D eigenvalue weighted by molar-refractivity contribution is -0.384. The van der Waals surface area contributed by atoms with Crippen LogP contribution in [0, 0.1) is 10.1 Å². The second-order valence-corrected chi connectivity index (χ2v) is 10.0. The quantitative estimate of drug-likeness (QED) is 0.115. The molecule has 8 nitrogen and oxygen atoms in total. The first-order valence-corrected chi connectivity index (χ1v) is 13.4. The smallest absolute Gasteiger partial charge is 0.269 e. The lowest BCUT2D eigenvalue weighted by atomic mass is 10.0. The number of hydrogen-bond donors (Lipinski definition) is 1. The number of nitrogens with one attached hydrogen (secondary N) is 1. The van der Waals surface area contributed by atoms with Crippen molar-refractivity contribution < 1.29 is 19.2 Å². The van der Waals surface area contributed by atoms with Gasteiger partial charge in [0.1, 0.15) is 6.61 Å². The summed E-state index contributed by atoms with van der Waals surface area (Å²) >= 11 is 13.5. The normalized spacial score (nSPS) is 14.9. The number of amides is 1. The van der Waals surface area contributed by atoms with Gasteiger partial charge in [0.15, 0.2) is 16.7 Å². The zero-order valence-corrected chi connectivity index (χ0v) is 23.1. The van der Waals surface area contributed by atoms with Gasteiger partial charge in [-0.3, -0.25) is 14.9 Å². The topological polar surface area (TPSA) is 103 Å². The molecule has 4 rings (SSSR count). The molecule has 39 heavy (non-hydrogen) atoms. The predicted octanol–water partition coefficient (Wildman–Crippen LogP) is 7.50. The number of nitro groups is 1. The average Bonchev–Trinajstić information content (AvgIpc) is 3.25. The Kier molecular flexibility index (Phi) is 9.29. The Labute approximate surface area is 239 Å². The number of aliphatic imine (C=N–C) groups is 1. The van der Waals surface area contributed by atoms with Crippen LogP contribution in [0.2, 0.25) is 10.0 Å². The molecule has 0 aliphatic carbocycles. The van der Waals surface area contributed by atoms with Crippen LogP contribution in [-0.4, -0.2) is 22.6 Å². The van der Waals surface area contributed by atoms with E-state index in [-0.39, 0.29) is 18.2 Å². The number of allylic oxidation sites excluding steroid dienone is 1. The molecule has 1 aliphatic heterocycles. The zero-order chi connectivity index (χ0) is 27.9. The molecule has 1 heterocycles. The number of hydrogen-bond acceptors (Lipinski definition) is 7. The molecule has 200 valence electrons. The minimum Gasteiger partial charge on any atom is -0.490 e. The van der Waals surface area contributed by atoms with E-state index >= 15 is 0 Å². The lowest BCUT2D eigenvalue weighted by Crippen LogP contribution is -2.19. The van der Waals surface area contributed by atoms with Crippen LogP contribution in [0.25, 0.3) is 6.08 Å². The molecule has 1 saturated heterocycles. The number of non-ortho nitro benzene ring substituents is 1. The third-order valence-electron chi connectivity index (χ3n) is 5.42. The molecule has 0 spiro atoms. The summed E-state index contributed by atoms with van der Waals surface area (Å²) in [5.41, 5.74) is 2.59. The van der Waals surface area contributed by atoms with E-state index in [4.69, 9.17) is 32.7 Å². The Bertz CT molecular complexity index is 1510. The van der Waals surface area contributed by atoms with Crippen LogP contribution in [-0.2, 0) is 17.8 Å². The molecule has 1 amide bonds. The average molecular weight is 584 g/mol. The highest BCUT2D eigenvalue weighted by Gasteiger charge is 2.25. The highest BCUT2D eigenvalue weighted by Crippen LogP contribution is 2.38. The summed E-state index contributed by atoms with van der Waals surface area (Å²) in [6.07, 6.45) is 3.95. The molecule has 0 aromatic heterocycles. The van der Waals surface area contributed by atoms with Gasteiger partial charge in [-0.2, -0.15) is 0 Å². The first kappa shape index (κ1) is 28.2. The van der Waals surface area contributed by atoms with Gasteiger partial charge >= 0.3 is 0 Å². The van der Waals surface area contributed by atoms with Crippen LogP contribution in [0.5, 0.6) is 11.5 Å². The fraction of sp³-hybridized carbons (Fsp3) is 0.143. The van der Waals surface area contributed by atoms with E-state index in [0.29, 0.717) is 55.9 Å². The van der Waals surface area contributed by atoms with Gasteiger partial charge in [-0.25, -0.2) is 4.99 Å². The number of carbonyl (C=O) groups is 1. The number of nitro benzene ring substituents is 1. The summed E-state index contributed by atoms with van der Waals surface area (Å²) in [4.78, 5) is 28.2. The Morgan fingerprint density at radius 2 is 1.95 bits per heavy atom. The predicted molar refractivity (Wildman–Crippen MR) is 156 cm³/mol. The van der Waals surface area contributed by atoms with Gasteiger partial charge in [0.25, 0.3) is 11.6 Å². The SMILES string of the molecule is C=CCc1cc(/C=C2\SC(=Nc3cccc(Cl)c3Cl)NC2=O)cc(OCC)c1OCc1cccc([N+](=O)[O-])c1. The Morgan fingerprint density at radius 3 is 2.69 bits per heavy atom. The van der Waals surface area contributed by atoms with Crippen molar-refractivity contribution in [1.82, 2.24) is 5.32 Å². The van der Waals surface area contributed by atoms with E-state index in [1.807, 2.05) is 13.0 Å². The summed E-state index contributed by atoms with van der Waals surface area (Å²) in [7, 11) is 0. The van der Waals surface area contributed by atoms with Crippen LogP contribution >= 0.6 is 35.0 Å². The molecule has 0 atom stereocenters. The maximum atomic E-state index is 12.7. The fourth-order valence-corrected chi connectivity index (χ4v) is 4.91. The number of benzene rings is 3. The van der Waals surface area contributed by atoms with Crippen molar-refractivity contribution in [2.24, 2.45) is 4.99 Å². The van der Waals surface area contributed by atoms with Gasteiger partial charge < -0.3 is 14.8 Å². The van der Waals surface area contributed by atoms with E-state index in [9.17, 15) is 14.9 Å². The lowest BCUT2D eigenvalue weighted by Gasteiger charge is -2.17. The van der Waals surface area contributed by atoms with E-state index < -0.39 is 4.92 Å². The van der Waals surface area contributed by atoms with Crippen molar-refractivity contribution in [2.75, 3.05) is 6.61 Å². The van der Waals surface area contributed by atoms with Gasteiger partial charge in [-0.1, -0.05) is 47.5 Å². The number of ether oxygens (including phenoxy) is 2. The Morgan fingerprint density at radius 1 is 1.15 bits per heavy atom. The summed E-state index contributed by atoms with van der Waals surface area (Å²) in [5, 5.41) is 14.9. The highest BCUT2D eigenvalue weighted by molar-refractivity contribution is 8.18. The molecular formula is C28H23Cl2N3O5S. The van der Waals surface area contributed by atoms with Gasteiger partial charge in [0.05, 0.1) is 32.2 Å². The second kappa shape index (κ2) is 12.8. The molecule has 3 aromatic carbocycles. The molecule has 1 fully saturated rings. The standard InChI is InChI=1S/C28H23Cl2N3O5S/c1-3-7-19-12-18(15-24-27(34)32-28(39-24)31-22-11-6-10-21(29)25(22)30)14-23(37-4-2)26(19)38-16-17-8-5-9-20(13-17)33(35)36/h3,5-6,8-15H,1,4,7,16H2,2H3,(H,31,32,34)/b24-15-. The first-order chi connectivity index (χ1) is 18.8. The van der Waals surface area contributed by atoms with Gasteiger partial charge in [0.2, 0.25) is 0 Å². The van der Waals surface area contributed by atoms with Crippen LogP contribution in [0.1, 0.15) is 23.6 Å². The van der Waals surface area contributed by atoms with Crippen LogP contribution in [0.15, 0.2) is 77.1 Å². The van der Waals surface area contributed by atoms with Gasteiger partial charge in [0, 0.05) is 17.7 Å². The van der Waals surface area contributed by atoms with Crippen molar-refractivity contribution >= 4 is 63.5 Å². The summed E-state index contributed by atoms with van der Waals surface area (Å²) in [6.45, 7) is 6.18. The molecule has 11 heteroatoms. The monoisotopic (exact) mass is 583 g/mol. The maximum absolute atomic E-state index is 12.7. The van der Waals surface area contributed by atoms with Gasteiger partial charge in [-0.05, 0) is 66.6 Å². The maximum Gasteiger partial charge on any atom is 0.269 e. The number of amidine groups is 1. The number of carbonyl (C=O) groups excluding carboxylic acids is 1. The summed E-state index contributed by atoms with van der Waals surface area (Å²) in [6, 6.07) is 15.0. The minimum atomic E-state index is -0.447. The molecule has 3 aromatic rings. The fourth-order valence-electron chi connectivity index (χ4n) is 3.74. The van der Waals surface area contributed by atoms with Crippen molar-refractivity contribution in [3.05, 3.63) is 109 Å². The molecule has 1 N–H and O–H groups in total. The zero-order valence-electron chi connectivity index (χ0n) is 20.8. The van der Waals surface area contributed by atoms with Crippen molar-refractivity contribution in [3.63, 3.8) is 0 Å². The summed E-state index contributed by atoms with van der Waals surface area (Å²) in [5.74, 6) is 0.690. The highest BCUT2D eigenvalue weighted by atomic mass is 35.5. The Balaban J connectivity index is 1.63. The third-order valence-corrected chi connectivity index (χ3v) is 7.14. The first-order valence-electron chi connectivity index (χ1n) is 11.8. The Hall–Kier alpha value is -3.79. The van der Waals surface area contributed by atoms with Crippen molar-refractivity contribution in [2.45, 2.75) is 20.0 Å². The summed E-state index contributed by atoms with van der Waals surface area (Å²) < 4.78 is 12.0. The van der Waals surface area contributed by atoms with E-state index in [1.54, 1.807) is 48.6 Å². The third kappa shape index (κ3) is 7.00. The van der Waals surface area contributed by atoms with E-state index in [2.05, 4.69) is 16.9 Å². The van der Waals surface area contributed by atoms with Crippen LogP contribution < -0.4 is 14.8 Å². The van der Waals surface area contributed by atoms with Gasteiger partial charge in [-0.15, -0.1) is 6.58 Å². The van der Waals surface area contributed by atoms with Crippen LogP contribution in [0.4, 0.5) is 11.4 Å². The largest absolute Gasteiger partial charge is 0.490 e. The second-order valence-electron chi connectivity index (χ2n) is 8.20. The van der Waals surface area contributed by atoms with Crippen molar-refractivity contribution in [1.29, 1.82) is 0 Å². The molecule has 0 unspecified atom stereocenters. The van der Waals surface area contributed by atoms with Crippen LogP contribution in [0.3, 0.4) is 0 Å². The molecular weight excluding hydrogens is 561 g/mol. The number of halogens is 2.